The third kappa shape index (κ3) is 36.1. The van der Waals surface area contributed by atoms with Crippen LogP contribution in [0.4, 0.5) is 0 Å². The van der Waals surface area contributed by atoms with Gasteiger partial charge in [0.15, 0.2) is 0 Å². The summed E-state index contributed by atoms with van der Waals surface area (Å²) >= 11 is 15.5. The second kappa shape index (κ2) is 38.1. The number of aliphatic hydroxyl groups excluding tert-OH is 5. The van der Waals surface area contributed by atoms with Crippen LogP contribution in [0.3, 0.4) is 0 Å². The van der Waals surface area contributed by atoms with Gasteiger partial charge in [-0.3, -0.25) is 23.7 Å². The normalized spacial score (nSPS) is 11.3. The molecule has 1 fully saturated rings. The molecule has 0 unspecified atom stereocenters. The molecule has 0 amide bonds. The van der Waals surface area contributed by atoms with E-state index in [-0.39, 0.29) is 50.4 Å². The Kier molecular flexibility index (Phi) is 39.2. The molecule has 0 saturated heterocycles. The lowest BCUT2D eigenvalue weighted by Crippen LogP contribution is -2.42. The third-order valence-corrected chi connectivity index (χ3v) is 8.94. The number of esters is 3. The van der Waals surface area contributed by atoms with Crippen molar-refractivity contribution in [1.82, 2.24) is 0 Å². The van der Waals surface area contributed by atoms with Crippen LogP contribution in [0.15, 0.2) is 59.5 Å². The monoisotopic (exact) mass is 948 g/mol. The van der Waals surface area contributed by atoms with E-state index < -0.39 is 77.9 Å². The molecule has 16 nitrogen and oxygen atoms in total. The highest BCUT2D eigenvalue weighted by Crippen LogP contribution is 2.20. The van der Waals surface area contributed by atoms with Crippen LogP contribution in [-0.2, 0) is 43.5 Å². The van der Waals surface area contributed by atoms with Crippen LogP contribution in [0.1, 0.15) is 56.1 Å². The highest BCUT2D eigenvalue weighted by atomic mass is 32.2. The van der Waals surface area contributed by atoms with Gasteiger partial charge in [0, 0.05) is 23.0 Å². The van der Waals surface area contributed by atoms with Crippen molar-refractivity contribution < 1.29 is 77.0 Å². The lowest BCUT2D eigenvalue weighted by atomic mass is 9.92. The van der Waals surface area contributed by atoms with E-state index >= 15 is 0 Å². The van der Waals surface area contributed by atoms with Crippen molar-refractivity contribution in [2.24, 2.45) is 10.8 Å². The van der Waals surface area contributed by atoms with Crippen molar-refractivity contribution >= 4 is 84.5 Å². The summed E-state index contributed by atoms with van der Waals surface area (Å²) < 4.78 is 44.7. The van der Waals surface area contributed by atoms with Crippen LogP contribution >= 0.6 is 50.5 Å². The van der Waals surface area contributed by atoms with Gasteiger partial charge in [-0.05, 0) is 26.0 Å². The van der Waals surface area contributed by atoms with Crippen LogP contribution in [0.25, 0.3) is 0 Å². The van der Waals surface area contributed by atoms with Crippen molar-refractivity contribution in [3.05, 3.63) is 65.7 Å². The quantitative estimate of drug-likeness (QED) is 0.0394. The maximum atomic E-state index is 11.5. The van der Waals surface area contributed by atoms with Gasteiger partial charge in [-0.25, -0.2) is 0 Å². The first-order chi connectivity index (χ1) is 28.3. The predicted molar refractivity (Wildman–Crippen MR) is 241 cm³/mol. The van der Waals surface area contributed by atoms with Crippen molar-refractivity contribution in [3.8, 4) is 0 Å². The summed E-state index contributed by atoms with van der Waals surface area (Å²) in [5.41, 5.74) is -0.0509. The number of carbonyl (C=O) groups is 4. The van der Waals surface area contributed by atoms with Gasteiger partial charge in [-0.1, -0.05) is 72.9 Å². The highest BCUT2D eigenvalue weighted by molar-refractivity contribution is 7.85. The SMILES string of the molecule is C1CC1.Cc1ccc(S(=O)(=O)O)cc1.Cc1ccccc1.O=C(CCS)OCC(CO)(COC(=O)CCS)COC(=O)CCS.O=C(O)CCS.OCC(CO)(CO)CO. The molecular formula is C39H64O16S5. The van der Waals surface area contributed by atoms with Crippen LogP contribution in [0.5, 0.6) is 0 Å². The van der Waals surface area contributed by atoms with E-state index in [1.54, 1.807) is 12.1 Å². The molecule has 346 valence electrons. The summed E-state index contributed by atoms with van der Waals surface area (Å²) in [7, 11) is -4.02. The fourth-order valence-corrected chi connectivity index (χ4v) is 4.31. The Morgan fingerprint density at radius 2 is 0.867 bits per heavy atom. The summed E-state index contributed by atoms with van der Waals surface area (Å²) in [5, 5.41) is 51.5. The van der Waals surface area contributed by atoms with E-state index in [9.17, 15) is 32.7 Å². The Balaban J connectivity index is -0.000000740. The largest absolute Gasteiger partial charge is 0.481 e. The van der Waals surface area contributed by atoms with E-state index in [1.165, 1.54) is 37.0 Å². The number of ether oxygens (including phenoxy) is 3. The Bertz CT molecular complexity index is 1430. The molecule has 0 heterocycles. The van der Waals surface area contributed by atoms with Crippen LogP contribution in [0, 0.1) is 24.7 Å². The van der Waals surface area contributed by atoms with Crippen molar-refractivity contribution in [3.63, 3.8) is 0 Å². The van der Waals surface area contributed by atoms with Gasteiger partial charge in [-0.15, -0.1) is 0 Å². The van der Waals surface area contributed by atoms with Crippen molar-refractivity contribution in [2.45, 2.75) is 63.7 Å². The number of carbonyl (C=O) groups excluding carboxylic acids is 3. The fraction of sp³-hybridized carbons (Fsp3) is 0.590. The number of aliphatic hydroxyl groups is 5. The number of rotatable bonds is 20. The van der Waals surface area contributed by atoms with Gasteiger partial charge >= 0.3 is 23.9 Å². The Morgan fingerprint density at radius 1 is 0.550 bits per heavy atom. The lowest BCUT2D eigenvalue weighted by Gasteiger charge is -2.30. The average molecular weight is 949 g/mol. The van der Waals surface area contributed by atoms with E-state index in [0.717, 1.165) is 5.56 Å². The molecule has 0 spiro atoms. The first-order valence-electron chi connectivity index (χ1n) is 18.6. The molecule has 2 aromatic carbocycles. The molecule has 0 bridgehead atoms. The third-order valence-electron chi connectivity index (χ3n) is 7.18. The number of benzene rings is 2. The molecule has 1 aliphatic rings. The van der Waals surface area contributed by atoms with E-state index in [1.807, 2.05) is 25.1 Å². The molecule has 0 aromatic heterocycles. The smallest absolute Gasteiger partial charge is 0.306 e. The zero-order valence-corrected chi connectivity index (χ0v) is 38.5. The number of carboxylic acids is 1. The summed E-state index contributed by atoms with van der Waals surface area (Å²) in [5.74, 6) is -0.931. The molecule has 2 aromatic rings. The summed E-state index contributed by atoms with van der Waals surface area (Å²) in [6, 6.07) is 16.2. The molecule has 0 radical (unpaired) electrons. The molecule has 60 heavy (non-hydrogen) atoms. The molecule has 0 aliphatic heterocycles. The maximum Gasteiger partial charge on any atom is 0.306 e. The summed E-state index contributed by atoms with van der Waals surface area (Å²) in [4.78, 5) is 44.0. The Morgan fingerprint density at radius 3 is 1.05 bits per heavy atom. The molecule has 7 N–H and O–H groups in total. The second-order valence-electron chi connectivity index (χ2n) is 13.1. The van der Waals surface area contributed by atoms with Crippen molar-refractivity contribution in [2.75, 3.05) is 75.9 Å². The zero-order valence-electron chi connectivity index (χ0n) is 34.1. The number of hydrogen-bond acceptors (Lipinski definition) is 18. The van der Waals surface area contributed by atoms with Gasteiger partial charge in [0.2, 0.25) is 0 Å². The Labute approximate surface area is 375 Å². The molecule has 1 saturated carbocycles. The standard InChI is InChI=1S/C14H24O7S3.C7H8O3S.C7H8.C5H12O4.C3H6O2S.C3H6/c15-7-14(8-19-11(16)1-4-22,9-20-12(17)2-5-23)10-21-13(18)3-6-24;1-6-2-4-7(5-3-6)11(8,9)10;1-7-5-3-2-4-6-7;6-1-5(2-7,3-8)4-9;4-3(5)1-2-6;1-2-3-1/h15,22-24H,1-10H2;2-5H,1H3,(H,8,9,10);2-6H,1H3;6-9H,1-4H2;6H,1-2H2,(H,4,5);1-3H2. The second-order valence-corrected chi connectivity index (χ2v) is 16.3. The molecule has 1 aliphatic carbocycles. The van der Waals surface area contributed by atoms with Crippen LogP contribution < -0.4 is 0 Å². The van der Waals surface area contributed by atoms with Gasteiger partial charge in [0.05, 0.1) is 74.4 Å². The predicted octanol–water partition coefficient (Wildman–Crippen LogP) is 3.29. The molecular weight excluding hydrogens is 885 g/mol. The van der Waals surface area contributed by atoms with E-state index in [2.05, 4.69) is 69.6 Å². The molecule has 0 atom stereocenters. The summed E-state index contributed by atoms with van der Waals surface area (Å²) in [6.45, 7) is 1.05. The zero-order chi connectivity index (χ0) is 46.5. The number of aliphatic carboxylic acids is 1. The minimum absolute atomic E-state index is 0.0666. The fourth-order valence-electron chi connectivity index (χ4n) is 3.09. The topological polar surface area (TPSA) is 272 Å². The van der Waals surface area contributed by atoms with Gasteiger partial charge in [0.1, 0.15) is 19.8 Å². The first kappa shape index (κ1) is 61.7. The number of hydrogen-bond donors (Lipinski definition) is 11. The van der Waals surface area contributed by atoms with Crippen LogP contribution in [0.2, 0.25) is 0 Å². The van der Waals surface area contributed by atoms with E-state index in [4.69, 9.17) is 44.3 Å². The minimum Gasteiger partial charge on any atom is -0.481 e. The van der Waals surface area contributed by atoms with Crippen molar-refractivity contribution in [1.29, 1.82) is 0 Å². The summed E-state index contributed by atoms with van der Waals surface area (Å²) in [6.07, 6.45) is 4.96. The molecule has 21 heteroatoms. The van der Waals surface area contributed by atoms with E-state index in [0.29, 0.717) is 23.0 Å². The van der Waals surface area contributed by atoms with Gasteiger partial charge < -0.3 is 44.8 Å². The minimum atomic E-state index is -4.02. The molecule has 3 rings (SSSR count). The van der Waals surface area contributed by atoms with Gasteiger partial charge in [0.25, 0.3) is 10.1 Å². The maximum absolute atomic E-state index is 11.5. The number of thiol groups is 4. The number of carboxylic acid groups (broad SMARTS) is 1. The highest BCUT2D eigenvalue weighted by Gasteiger charge is 2.35. The average Bonchev–Trinajstić information content (AvgIpc) is 4.11. The lowest BCUT2D eigenvalue weighted by molar-refractivity contribution is -0.164. The Hall–Kier alpha value is -2.57. The van der Waals surface area contributed by atoms with Gasteiger partial charge in [-0.2, -0.15) is 58.9 Å². The first-order valence-corrected chi connectivity index (χ1v) is 22.5. The number of aryl methyl sites for hydroxylation is 2. The van der Waals surface area contributed by atoms with Crippen LogP contribution in [-0.4, -0.2) is 143 Å².